The quantitative estimate of drug-likeness (QED) is 0.0979. The summed E-state index contributed by atoms with van der Waals surface area (Å²) in [5.41, 5.74) is -0.800. The maximum absolute atomic E-state index is 13.2. The van der Waals surface area contributed by atoms with Crippen LogP contribution in [0.4, 0.5) is 4.79 Å². The summed E-state index contributed by atoms with van der Waals surface area (Å²) in [5, 5.41) is 2.57. The highest BCUT2D eigenvalue weighted by Crippen LogP contribution is 2.40. The molecule has 1 N–H and O–H groups in total. The minimum atomic E-state index is -2.48. The Balaban J connectivity index is 7.23. The molecule has 0 aliphatic heterocycles. The van der Waals surface area contributed by atoms with Crippen LogP contribution in [0.15, 0.2) is 24.3 Å². The zero-order valence-electron chi connectivity index (χ0n) is 29.1. The summed E-state index contributed by atoms with van der Waals surface area (Å²) in [6, 6.07) is -1.06. The van der Waals surface area contributed by atoms with Crippen molar-refractivity contribution in [3.05, 3.63) is 24.3 Å². The molecule has 0 saturated heterocycles. The van der Waals surface area contributed by atoms with Gasteiger partial charge in [-0.3, -0.25) is 9.59 Å². The maximum atomic E-state index is 13.2. The van der Waals surface area contributed by atoms with Gasteiger partial charge in [-0.2, -0.15) is 0 Å². The number of carbonyl (C=O) groups is 3. The third kappa shape index (κ3) is 14.0. The SMILES string of the molecule is C/C=C/C=C/[C@@H](OC(C)=O)[C@H](NC(=O)OC(C)(C)C)[C@H](OC(C)=O)[C@@H](CO[Si](C)(C)C(C)(C)C)O[Si](C)(C)C(C)(C)C. The van der Waals surface area contributed by atoms with Crippen LogP contribution < -0.4 is 5.32 Å². The van der Waals surface area contributed by atoms with E-state index in [1.54, 1.807) is 39.0 Å². The lowest BCUT2D eigenvalue weighted by Crippen LogP contribution is -2.61. The molecule has 0 aromatic rings. The molecule has 0 bridgehead atoms. The van der Waals surface area contributed by atoms with Gasteiger partial charge >= 0.3 is 18.0 Å². The molecule has 11 heteroatoms. The van der Waals surface area contributed by atoms with Gasteiger partial charge in [-0.1, -0.05) is 59.8 Å². The maximum Gasteiger partial charge on any atom is 0.408 e. The summed E-state index contributed by atoms with van der Waals surface area (Å²) in [4.78, 5) is 38.1. The van der Waals surface area contributed by atoms with Crippen LogP contribution >= 0.6 is 0 Å². The largest absolute Gasteiger partial charge is 0.457 e. The smallest absolute Gasteiger partial charge is 0.408 e. The van der Waals surface area contributed by atoms with Crippen molar-refractivity contribution in [1.82, 2.24) is 5.32 Å². The highest BCUT2D eigenvalue weighted by molar-refractivity contribution is 6.74. The lowest BCUT2D eigenvalue weighted by atomic mass is 9.99. The zero-order valence-corrected chi connectivity index (χ0v) is 31.1. The molecule has 42 heavy (non-hydrogen) atoms. The molecule has 0 aromatic carbocycles. The van der Waals surface area contributed by atoms with Crippen molar-refractivity contribution in [2.45, 2.75) is 149 Å². The van der Waals surface area contributed by atoms with E-state index in [0.29, 0.717) is 0 Å². The summed E-state index contributed by atoms with van der Waals surface area (Å²) < 4.78 is 30.8. The molecule has 1 amide bonds. The summed E-state index contributed by atoms with van der Waals surface area (Å²) in [6.07, 6.45) is 3.27. The van der Waals surface area contributed by atoms with Crippen LogP contribution in [0.3, 0.4) is 0 Å². The first kappa shape index (κ1) is 40.0. The standard InChI is InChI=1S/C31H59NO8Si2/c1-17-18-19-20-24(37-22(2)33)26(32-28(35)39-29(4,5)6)27(38-23(3)34)25(40-42(15,16)31(10,11)12)21-36-41(13,14)30(7,8)9/h17-20,24-27H,21H2,1-16H3,(H,32,35)/b18-17+,20-19+/t24-,25-,26+,27-/m1/s1. The minimum absolute atomic E-state index is 0.0882. The van der Waals surface area contributed by atoms with Crippen molar-refractivity contribution < 1.29 is 37.4 Å². The highest BCUT2D eigenvalue weighted by atomic mass is 28.4. The zero-order chi connectivity index (χ0) is 33.3. The van der Waals surface area contributed by atoms with Crippen molar-refractivity contribution in [2.75, 3.05) is 6.61 Å². The van der Waals surface area contributed by atoms with E-state index in [1.165, 1.54) is 13.8 Å². The van der Waals surface area contributed by atoms with Gasteiger partial charge < -0.3 is 28.4 Å². The Hall–Kier alpha value is -1.96. The predicted octanol–water partition coefficient (Wildman–Crippen LogP) is 7.29. The molecule has 0 aliphatic carbocycles. The van der Waals surface area contributed by atoms with Gasteiger partial charge in [0.1, 0.15) is 23.9 Å². The molecule has 0 saturated carbocycles. The molecule has 4 atom stereocenters. The van der Waals surface area contributed by atoms with E-state index in [0.717, 1.165) is 0 Å². The third-order valence-electron chi connectivity index (χ3n) is 7.63. The highest BCUT2D eigenvalue weighted by Gasteiger charge is 2.47. The lowest BCUT2D eigenvalue weighted by Gasteiger charge is -2.45. The number of hydrogen-bond donors (Lipinski definition) is 1. The number of alkyl carbamates (subject to hydrolysis) is 1. The second-order valence-corrected chi connectivity index (χ2v) is 24.3. The van der Waals surface area contributed by atoms with Crippen LogP contribution in [0.1, 0.15) is 83.1 Å². The average molecular weight is 630 g/mol. The Morgan fingerprint density at radius 1 is 0.786 bits per heavy atom. The van der Waals surface area contributed by atoms with Crippen molar-refractivity contribution in [2.24, 2.45) is 0 Å². The summed E-state index contributed by atoms with van der Waals surface area (Å²) in [5.74, 6) is -1.15. The normalized spacial score (nSPS) is 16.6. The second-order valence-electron chi connectivity index (χ2n) is 14.7. The Morgan fingerprint density at radius 3 is 1.69 bits per heavy atom. The van der Waals surface area contributed by atoms with E-state index in [1.807, 2.05) is 13.0 Å². The molecule has 0 rings (SSSR count). The molecule has 244 valence electrons. The van der Waals surface area contributed by atoms with Crippen molar-refractivity contribution in [1.29, 1.82) is 0 Å². The van der Waals surface area contributed by atoms with E-state index in [9.17, 15) is 14.4 Å². The fraction of sp³-hybridized carbons (Fsp3) is 0.774. The van der Waals surface area contributed by atoms with Gasteiger partial charge in [0.05, 0.1) is 6.61 Å². The van der Waals surface area contributed by atoms with Gasteiger partial charge in [-0.15, -0.1) is 0 Å². The van der Waals surface area contributed by atoms with Crippen molar-refractivity contribution >= 4 is 34.7 Å². The monoisotopic (exact) mass is 629 g/mol. The Kier molecular flexibility index (Phi) is 14.9. The molecule has 0 spiro atoms. The Bertz CT molecular complexity index is 955. The van der Waals surface area contributed by atoms with Crippen LogP contribution in [-0.4, -0.2) is 71.2 Å². The number of nitrogens with one attached hydrogen (secondary N) is 1. The van der Waals surface area contributed by atoms with E-state index >= 15 is 0 Å². The van der Waals surface area contributed by atoms with Gasteiger partial charge in [-0.25, -0.2) is 4.79 Å². The molecule has 0 aromatic heterocycles. The first-order chi connectivity index (χ1) is 18.7. The molecule has 0 radical (unpaired) electrons. The van der Waals surface area contributed by atoms with E-state index in [-0.39, 0.29) is 16.7 Å². The molecular weight excluding hydrogens is 571 g/mol. The molecule has 9 nitrogen and oxygen atoms in total. The minimum Gasteiger partial charge on any atom is -0.457 e. The number of ether oxygens (including phenoxy) is 3. The first-order valence-electron chi connectivity index (χ1n) is 14.7. The van der Waals surface area contributed by atoms with Crippen LogP contribution in [0.2, 0.25) is 36.3 Å². The fourth-order valence-corrected chi connectivity index (χ4v) is 5.66. The van der Waals surface area contributed by atoms with E-state index in [2.05, 4.69) is 73.0 Å². The lowest BCUT2D eigenvalue weighted by molar-refractivity contribution is -0.161. The topological polar surface area (TPSA) is 109 Å². The van der Waals surface area contributed by atoms with Gasteiger partial charge in [0.25, 0.3) is 0 Å². The number of hydrogen-bond acceptors (Lipinski definition) is 8. The predicted molar refractivity (Wildman–Crippen MR) is 173 cm³/mol. The van der Waals surface area contributed by atoms with Gasteiger partial charge in [0, 0.05) is 13.8 Å². The third-order valence-corrected chi connectivity index (χ3v) is 16.6. The van der Waals surface area contributed by atoms with E-state index < -0.39 is 64.6 Å². The number of allylic oxidation sites excluding steroid dienone is 3. The average Bonchev–Trinajstić information content (AvgIpc) is 2.75. The van der Waals surface area contributed by atoms with Gasteiger partial charge in [-0.05, 0) is 70.0 Å². The number of carbonyl (C=O) groups excluding carboxylic acids is 3. The van der Waals surface area contributed by atoms with Crippen LogP contribution in [0.5, 0.6) is 0 Å². The summed E-state index contributed by atoms with van der Waals surface area (Å²) in [7, 11) is -4.76. The fourth-order valence-electron chi connectivity index (χ4n) is 3.33. The molecule has 0 fully saturated rings. The molecule has 0 unspecified atom stereocenters. The Morgan fingerprint density at radius 2 is 1.29 bits per heavy atom. The molecule has 0 heterocycles. The van der Waals surface area contributed by atoms with Gasteiger partial charge in [0.2, 0.25) is 0 Å². The number of rotatable bonds is 13. The number of esters is 2. The van der Waals surface area contributed by atoms with Crippen LogP contribution in [0, 0.1) is 0 Å². The van der Waals surface area contributed by atoms with Crippen LogP contribution in [0.25, 0.3) is 0 Å². The van der Waals surface area contributed by atoms with E-state index in [4.69, 9.17) is 23.1 Å². The summed E-state index contributed by atoms with van der Waals surface area (Å²) >= 11 is 0. The second kappa shape index (κ2) is 15.7. The van der Waals surface area contributed by atoms with Crippen molar-refractivity contribution in [3.8, 4) is 0 Å². The molecule has 0 aliphatic rings. The summed E-state index contributed by atoms with van der Waals surface area (Å²) in [6.45, 7) is 31.0. The Labute approximate surface area is 257 Å². The van der Waals surface area contributed by atoms with Crippen LogP contribution in [-0.2, 0) is 32.7 Å². The number of amides is 1. The molecular formula is C31H59NO8Si2. The first-order valence-corrected chi connectivity index (χ1v) is 20.5. The van der Waals surface area contributed by atoms with Gasteiger partial charge in [0.15, 0.2) is 22.7 Å². The van der Waals surface area contributed by atoms with Crippen molar-refractivity contribution in [3.63, 3.8) is 0 Å².